The Balaban J connectivity index is 1.62. The van der Waals surface area contributed by atoms with Crippen molar-refractivity contribution in [1.29, 1.82) is 0 Å². The molecule has 0 spiro atoms. The quantitative estimate of drug-likeness (QED) is 0.369. The van der Waals surface area contributed by atoms with Crippen LogP contribution in [0.5, 0.6) is 0 Å². The fraction of sp³-hybridized carbons (Fsp3) is 0.963. The first kappa shape index (κ1) is 31.5. The molecule has 3 aliphatic rings. The summed E-state index contributed by atoms with van der Waals surface area (Å²) < 4.78 is 80.4. The van der Waals surface area contributed by atoms with Gasteiger partial charge < -0.3 is 9.80 Å². The molecule has 0 aromatic heterocycles. The number of piperazine rings is 1. The molecule has 38 heavy (non-hydrogen) atoms. The molecule has 2 saturated carbocycles. The fourth-order valence-electron chi connectivity index (χ4n) is 6.63. The molecular weight excluding hydrogens is 510 g/mol. The van der Waals surface area contributed by atoms with Gasteiger partial charge in [0, 0.05) is 52.9 Å². The molecule has 222 valence electrons. The van der Waals surface area contributed by atoms with Crippen molar-refractivity contribution in [3.05, 3.63) is 0 Å². The van der Waals surface area contributed by atoms with Gasteiger partial charge in [0.1, 0.15) is 0 Å². The first-order valence-electron chi connectivity index (χ1n) is 14.2. The lowest BCUT2D eigenvalue weighted by molar-refractivity contribution is -0.229. The summed E-state index contributed by atoms with van der Waals surface area (Å²) in [7, 11) is 5.75. The monoisotopic (exact) mass is 556 g/mol. The highest BCUT2D eigenvalue weighted by Crippen LogP contribution is 2.48. The Morgan fingerprint density at radius 3 is 1.87 bits per heavy atom. The summed E-state index contributed by atoms with van der Waals surface area (Å²) in [5, 5.41) is 0. The van der Waals surface area contributed by atoms with E-state index in [0.717, 1.165) is 71.4 Å². The van der Waals surface area contributed by atoms with E-state index in [0.29, 0.717) is 0 Å². The zero-order chi connectivity index (χ0) is 28.1. The molecule has 1 amide bonds. The normalized spacial score (nSPS) is 28.0. The van der Waals surface area contributed by atoms with Crippen molar-refractivity contribution in [2.45, 2.75) is 76.2 Å². The van der Waals surface area contributed by atoms with E-state index in [1.165, 1.54) is 0 Å². The van der Waals surface area contributed by atoms with Gasteiger partial charge in [0.25, 0.3) is 0 Å². The topological polar surface area (TPSA) is 30.0 Å². The molecule has 0 radical (unpaired) electrons. The molecule has 11 heteroatoms. The van der Waals surface area contributed by atoms with Crippen molar-refractivity contribution >= 4 is 5.91 Å². The SMILES string of the molecule is CN(C)CCN1CCN(C(C(=O)N(C)CCC2CC(C(F)(F)F)CC(C(F)(F)F)C2)C2CCCCC2)CC1. The molecule has 0 bridgehead atoms. The van der Waals surface area contributed by atoms with Crippen molar-refractivity contribution in [3.63, 3.8) is 0 Å². The zero-order valence-electron chi connectivity index (χ0n) is 23.2. The standard InChI is InChI=1S/C27H46F6N4O/c1-34(2)11-12-36-13-15-37(16-14-36)24(21-7-5-4-6-8-21)25(38)35(3)10-9-20-17-22(26(28,29)30)19-23(18-20)27(31,32)33/h20-24H,4-19H2,1-3H3. The molecule has 0 aromatic rings. The van der Waals surface area contributed by atoms with Gasteiger partial charge in [-0.25, -0.2) is 0 Å². The number of hydrogen-bond acceptors (Lipinski definition) is 4. The second-order valence-electron chi connectivity index (χ2n) is 12.1. The number of hydrogen-bond donors (Lipinski definition) is 0. The van der Waals surface area contributed by atoms with Crippen LogP contribution in [0.3, 0.4) is 0 Å². The van der Waals surface area contributed by atoms with Crippen LogP contribution in [0.4, 0.5) is 26.3 Å². The predicted octanol–water partition coefficient (Wildman–Crippen LogP) is 5.12. The van der Waals surface area contributed by atoms with E-state index in [9.17, 15) is 31.1 Å². The molecule has 3 rings (SSSR count). The van der Waals surface area contributed by atoms with E-state index in [-0.39, 0.29) is 43.7 Å². The lowest BCUT2D eigenvalue weighted by Gasteiger charge is -2.44. The number of likely N-dealkylation sites (N-methyl/N-ethyl adjacent to an activating group) is 2. The maximum atomic E-state index is 13.8. The van der Waals surface area contributed by atoms with E-state index in [4.69, 9.17) is 0 Å². The maximum absolute atomic E-state index is 13.8. The highest BCUT2D eigenvalue weighted by Gasteiger charge is 2.51. The van der Waals surface area contributed by atoms with Crippen molar-refractivity contribution in [2.75, 3.05) is 67.0 Å². The fourth-order valence-corrected chi connectivity index (χ4v) is 6.63. The summed E-state index contributed by atoms with van der Waals surface area (Å²) in [4.78, 5) is 22.2. The molecule has 5 nitrogen and oxygen atoms in total. The molecule has 3 unspecified atom stereocenters. The van der Waals surface area contributed by atoms with Gasteiger partial charge in [-0.2, -0.15) is 26.3 Å². The summed E-state index contributed by atoms with van der Waals surface area (Å²) in [5.41, 5.74) is 0. The minimum Gasteiger partial charge on any atom is -0.344 e. The summed E-state index contributed by atoms with van der Waals surface area (Å²) in [6.45, 7) is 5.47. The zero-order valence-corrected chi connectivity index (χ0v) is 23.2. The first-order chi connectivity index (χ1) is 17.8. The van der Waals surface area contributed by atoms with E-state index >= 15 is 0 Å². The van der Waals surface area contributed by atoms with Crippen LogP contribution >= 0.6 is 0 Å². The number of nitrogens with zero attached hydrogens (tertiary/aromatic N) is 4. The van der Waals surface area contributed by atoms with Crippen LogP contribution in [-0.2, 0) is 4.79 Å². The summed E-state index contributed by atoms with van der Waals surface area (Å²) in [5.74, 6) is -4.37. The molecule has 1 aliphatic heterocycles. The van der Waals surface area contributed by atoms with Crippen LogP contribution in [0.15, 0.2) is 0 Å². The molecule has 1 saturated heterocycles. The van der Waals surface area contributed by atoms with Gasteiger partial charge in [-0.3, -0.25) is 14.6 Å². The minimum absolute atomic E-state index is 0.0332. The Bertz CT molecular complexity index is 710. The largest absolute Gasteiger partial charge is 0.391 e. The molecule has 2 aliphatic carbocycles. The average Bonchev–Trinajstić information content (AvgIpc) is 2.86. The van der Waals surface area contributed by atoms with E-state index in [2.05, 4.69) is 14.7 Å². The van der Waals surface area contributed by atoms with Gasteiger partial charge >= 0.3 is 12.4 Å². The van der Waals surface area contributed by atoms with Gasteiger partial charge in [0.2, 0.25) is 5.91 Å². The summed E-state index contributed by atoms with van der Waals surface area (Å²) in [6.07, 6.45) is -5.29. The molecular formula is C27H46F6N4O. The first-order valence-corrected chi connectivity index (χ1v) is 14.2. The van der Waals surface area contributed by atoms with E-state index in [1.807, 2.05) is 14.1 Å². The van der Waals surface area contributed by atoms with Crippen molar-refractivity contribution in [2.24, 2.45) is 23.7 Å². The molecule has 3 fully saturated rings. The third kappa shape index (κ3) is 8.98. The van der Waals surface area contributed by atoms with Gasteiger partial charge in [-0.15, -0.1) is 0 Å². The molecule has 0 aromatic carbocycles. The lowest BCUT2D eigenvalue weighted by atomic mass is 9.73. The number of rotatable bonds is 9. The Kier molecular flexibility index (Phi) is 11.2. The summed E-state index contributed by atoms with van der Waals surface area (Å²) >= 11 is 0. The van der Waals surface area contributed by atoms with E-state index in [1.54, 1.807) is 11.9 Å². The van der Waals surface area contributed by atoms with Gasteiger partial charge in [-0.1, -0.05) is 19.3 Å². The van der Waals surface area contributed by atoms with Crippen LogP contribution in [0.25, 0.3) is 0 Å². The molecule has 3 atom stereocenters. The highest BCUT2D eigenvalue weighted by molar-refractivity contribution is 5.82. The Morgan fingerprint density at radius 1 is 0.816 bits per heavy atom. The molecule has 0 N–H and O–H groups in total. The van der Waals surface area contributed by atoms with Crippen LogP contribution in [0.2, 0.25) is 0 Å². The number of alkyl halides is 6. The Labute approximate surface area is 223 Å². The van der Waals surface area contributed by atoms with Gasteiger partial charge in [0.05, 0.1) is 17.9 Å². The predicted molar refractivity (Wildman–Crippen MR) is 136 cm³/mol. The maximum Gasteiger partial charge on any atom is 0.391 e. The lowest BCUT2D eigenvalue weighted by Crippen LogP contribution is -2.58. The number of amides is 1. The van der Waals surface area contributed by atoms with Gasteiger partial charge in [-0.05, 0) is 64.5 Å². The number of carbonyl (C=O) groups excluding carboxylic acids is 1. The Hall–Kier alpha value is -1.07. The van der Waals surface area contributed by atoms with Gasteiger partial charge in [0.15, 0.2) is 0 Å². The molecule has 1 heterocycles. The van der Waals surface area contributed by atoms with Crippen molar-refractivity contribution < 1.29 is 31.1 Å². The smallest absolute Gasteiger partial charge is 0.344 e. The second-order valence-corrected chi connectivity index (χ2v) is 12.1. The second kappa shape index (κ2) is 13.5. The Morgan fingerprint density at radius 2 is 1.37 bits per heavy atom. The van der Waals surface area contributed by atoms with Crippen LogP contribution in [0.1, 0.15) is 57.8 Å². The minimum atomic E-state index is -4.63. The number of carbonyl (C=O) groups is 1. The van der Waals surface area contributed by atoms with Crippen molar-refractivity contribution in [1.82, 2.24) is 19.6 Å². The summed E-state index contributed by atoms with van der Waals surface area (Å²) in [6, 6.07) is -0.270. The number of halogens is 6. The van der Waals surface area contributed by atoms with Crippen LogP contribution in [-0.4, -0.2) is 111 Å². The van der Waals surface area contributed by atoms with Crippen LogP contribution < -0.4 is 0 Å². The van der Waals surface area contributed by atoms with Crippen LogP contribution in [0, 0.1) is 23.7 Å². The highest BCUT2D eigenvalue weighted by atomic mass is 19.4. The third-order valence-electron chi connectivity index (χ3n) is 8.99. The van der Waals surface area contributed by atoms with E-state index < -0.39 is 36.5 Å². The third-order valence-corrected chi connectivity index (χ3v) is 8.99. The average molecular weight is 557 g/mol. The van der Waals surface area contributed by atoms with Crippen molar-refractivity contribution in [3.8, 4) is 0 Å².